The maximum Gasteiger partial charge on any atom is 0.275 e. The van der Waals surface area contributed by atoms with Gasteiger partial charge in [0.15, 0.2) is 0 Å². The van der Waals surface area contributed by atoms with Crippen LogP contribution in [-0.4, -0.2) is 50.9 Å². The average molecular weight is 464 g/mol. The number of fused-ring (bicyclic) bond motifs is 3. The van der Waals surface area contributed by atoms with Gasteiger partial charge in [-0.05, 0) is 69.0 Å². The van der Waals surface area contributed by atoms with E-state index in [1.165, 1.54) is 24.2 Å². The summed E-state index contributed by atoms with van der Waals surface area (Å²) in [5.41, 5.74) is 1.26. The maximum absolute atomic E-state index is 13.1. The van der Waals surface area contributed by atoms with Gasteiger partial charge in [-0.1, -0.05) is 25.7 Å². The minimum Gasteiger partial charge on any atom is -0.490 e. The third-order valence-electron chi connectivity index (χ3n) is 6.89. The normalized spacial score (nSPS) is 23.5. The van der Waals surface area contributed by atoms with Crippen molar-refractivity contribution in [2.45, 2.75) is 63.8 Å². The monoisotopic (exact) mass is 463 g/mol. The van der Waals surface area contributed by atoms with Crippen molar-refractivity contribution in [3.8, 4) is 23.3 Å². The number of rotatable bonds is 4. The molecule has 0 spiro atoms. The average Bonchev–Trinajstić information content (AvgIpc) is 3.29. The fraction of sp³-hybridized carbons (Fsp3) is 0.462. The van der Waals surface area contributed by atoms with Gasteiger partial charge < -0.3 is 14.7 Å². The smallest absolute Gasteiger partial charge is 0.275 e. The number of aromatic nitrogens is 2. The van der Waals surface area contributed by atoms with Gasteiger partial charge in [-0.2, -0.15) is 0 Å². The zero-order valence-electron chi connectivity index (χ0n) is 19.2. The lowest BCUT2D eigenvalue weighted by atomic mass is 10.0. The summed E-state index contributed by atoms with van der Waals surface area (Å²) >= 11 is 1.31. The predicted octanol–water partition coefficient (Wildman–Crippen LogP) is 3.82. The number of hydrogen-bond donors (Lipinski definition) is 1. The van der Waals surface area contributed by atoms with Gasteiger partial charge in [-0.3, -0.25) is 9.36 Å². The molecule has 1 aromatic carbocycles. The van der Waals surface area contributed by atoms with E-state index in [0.717, 1.165) is 29.2 Å². The van der Waals surface area contributed by atoms with E-state index in [4.69, 9.17) is 4.74 Å². The lowest BCUT2D eigenvalue weighted by Gasteiger charge is -2.36. The van der Waals surface area contributed by atoms with E-state index < -0.39 is 6.10 Å². The van der Waals surface area contributed by atoms with Gasteiger partial charge in [-0.15, -0.1) is 11.3 Å². The lowest BCUT2D eigenvalue weighted by molar-refractivity contribution is 0.0662. The molecule has 4 atom stereocenters. The zero-order chi connectivity index (χ0) is 23.1. The largest absolute Gasteiger partial charge is 0.490 e. The summed E-state index contributed by atoms with van der Waals surface area (Å²) in [6.07, 6.45) is 5.82. The van der Waals surface area contributed by atoms with Crippen molar-refractivity contribution >= 4 is 21.6 Å². The zero-order valence-corrected chi connectivity index (χ0v) is 20.0. The predicted molar refractivity (Wildman–Crippen MR) is 131 cm³/mol. The van der Waals surface area contributed by atoms with E-state index in [0.29, 0.717) is 22.3 Å². The first-order valence-electron chi connectivity index (χ1n) is 11.6. The fourth-order valence-corrected chi connectivity index (χ4v) is 5.71. The van der Waals surface area contributed by atoms with E-state index in [9.17, 15) is 9.90 Å². The molecule has 2 bridgehead atoms. The van der Waals surface area contributed by atoms with Crippen molar-refractivity contribution in [1.82, 2.24) is 14.5 Å². The first-order valence-corrected chi connectivity index (χ1v) is 12.4. The summed E-state index contributed by atoms with van der Waals surface area (Å²) in [7, 11) is 2.23. The number of hydrogen-bond acceptors (Lipinski definition) is 6. The van der Waals surface area contributed by atoms with Crippen molar-refractivity contribution in [2.24, 2.45) is 5.92 Å². The van der Waals surface area contributed by atoms with Gasteiger partial charge in [0.05, 0.1) is 16.1 Å². The standard InChI is InChI=1S/C26H29N3O3S/c1-16(2)24(30)11-10-22-14-23-25(33-22)26(31)29(15-27-23)17-6-8-20(9-7-17)32-21-12-18-4-5-19(13-21)28(18)3/h6-9,14-16,18-19,21,24,30H,4-5,12-13H2,1-3H3/t18-,19+,21?,24?. The Kier molecular flexibility index (Phi) is 6.00. The minimum absolute atomic E-state index is 0.0590. The molecule has 5 rings (SSSR count). The fourth-order valence-electron chi connectivity index (χ4n) is 4.81. The molecule has 1 N–H and O–H groups in total. The Morgan fingerprint density at radius 1 is 1.18 bits per heavy atom. The number of aliphatic hydroxyl groups is 1. The van der Waals surface area contributed by atoms with Crippen LogP contribution in [0.3, 0.4) is 0 Å². The highest BCUT2D eigenvalue weighted by Gasteiger charge is 2.39. The van der Waals surface area contributed by atoms with Crippen LogP contribution in [0.2, 0.25) is 0 Å². The summed E-state index contributed by atoms with van der Waals surface area (Å²) in [6.45, 7) is 3.83. The molecular weight excluding hydrogens is 434 g/mol. The van der Waals surface area contributed by atoms with Crippen LogP contribution in [0.25, 0.3) is 15.9 Å². The molecule has 0 amide bonds. The molecule has 4 heterocycles. The van der Waals surface area contributed by atoms with E-state index in [2.05, 4.69) is 28.8 Å². The second-order valence-corrected chi connectivity index (χ2v) is 10.5. The lowest BCUT2D eigenvalue weighted by Crippen LogP contribution is -2.43. The molecule has 7 heteroatoms. The van der Waals surface area contributed by atoms with Gasteiger partial charge in [0, 0.05) is 12.1 Å². The van der Waals surface area contributed by atoms with E-state index >= 15 is 0 Å². The minimum atomic E-state index is -0.690. The van der Waals surface area contributed by atoms with Crippen molar-refractivity contribution in [2.75, 3.05) is 7.05 Å². The Balaban J connectivity index is 1.34. The van der Waals surface area contributed by atoms with E-state index in [1.807, 2.05) is 38.1 Å². The van der Waals surface area contributed by atoms with Crippen LogP contribution in [0, 0.1) is 17.8 Å². The molecule has 6 nitrogen and oxygen atoms in total. The van der Waals surface area contributed by atoms with Crippen LogP contribution < -0.4 is 10.3 Å². The van der Waals surface area contributed by atoms with Crippen molar-refractivity contribution in [3.63, 3.8) is 0 Å². The summed E-state index contributed by atoms with van der Waals surface area (Å²) in [4.78, 5) is 20.8. The number of benzene rings is 1. The third-order valence-corrected chi connectivity index (χ3v) is 7.91. The van der Waals surface area contributed by atoms with Gasteiger partial charge >= 0.3 is 0 Å². The molecule has 0 saturated carbocycles. The number of thiophene rings is 1. The molecule has 172 valence electrons. The Labute approximate surface area is 197 Å². The van der Waals surface area contributed by atoms with Gasteiger partial charge in [0.1, 0.15) is 29.0 Å². The van der Waals surface area contributed by atoms with Gasteiger partial charge in [0.2, 0.25) is 0 Å². The van der Waals surface area contributed by atoms with Crippen molar-refractivity contribution < 1.29 is 9.84 Å². The molecule has 0 radical (unpaired) electrons. The quantitative estimate of drug-likeness (QED) is 0.596. The highest BCUT2D eigenvalue weighted by molar-refractivity contribution is 7.19. The van der Waals surface area contributed by atoms with Crippen LogP contribution in [0.4, 0.5) is 0 Å². The SMILES string of the molecule is CC(C)C(O)C#Cc1cc2ncn(-c3ccc(OC4C[C@H]5CC[C@@H](C4)N5C)cc3)c(=O)c2s1. The van der Waals surface area contributed by atoms with Crippen molar-refractivity contribution in [3.05, 3.63) is 51.9 Å². The third kappa shape index (κ3) is 4.43. The molecule has 33 heavy (non-hydrogen) atoms. The van der Waals surface area contributed by atoms with Gasteiger partial charge in [-0.25, -0.2) is 4.98 Å². The van der Waals surface area contributed by atoms with Crippen LogP contribution in [0.15, 0.2) is 41.5 Å². The van der Waals surface area contributed by atoms with Crippen LogP contribution >= 0.6 is 11.3 Å². The van der Waals surface area contributed by atoms with Crippen molar-refractivity contribution in [1.29, 1.82) is 0 Å². The number of aliphatic hydroxyl groups excluding tert-OH is 1. The topological polar surface area (TPSA) is 67.6 Å². The second-order valence-electron chi connectivity index (χ2n) is 9.46. The second kappa shape index (κ2) is 8.94. The summed E-state index contributed by atoms with van der Waals surface area (Å²) in [6, 6.07) is 10.8. The summed E-state index contributed by atoms with van der Waals surface area (Å²) in [5, 5.41) is 9.91. The van der Waals surface area contributed by atoms with Crippen LogP contribution in [0.5, 0.6) is 5.75 Å². The van der Waals surface area contributed by atoms with Crippen LogP contribution in [-0.2, 0) is 0 Å². The molecule has 2 saturated heterocycles. The van der Waals surface area contributed by atoms with E-state index in [1.54, 1.807) is 17.0 Å². The highest BCUT2D eigenvalue weighted by Crippen LogP contribution is 2.36. The summed E-state index contributed by atoms with van der Waals surface area (Å²) < 4.78 is 8.39. The molecular formula is C26H29N3O3S. The Hall–Kier alpha value is -2.66. The number of ether oxygens (including phenoxy) is 1. The van der Waals surface area contributed by atoms with E-state index in [-0.39, 0.29) is 17.6 Å². The first-order chi connectivity index (χ1) is 15.9. The molecule has 2 aromatic heterocycles. The molecule has 2 unspecified atom stereocenters. The van der Waals surface area contributed by atoms with Crippen LogP contribution in [0.1, 0.15) is 44.4 Å². The van der Waals surface area contributed by atoms with Gasteiger partial charge in [0.25, 0.3) is 5.56 Å². The Morgan fingerprint density at radius 3 is 2.55 bits per heavy atom. The molecule has 3 aromatic rings. The molecule has 0 aliphatic carbocycles. The Bertz CT molecular complexity index is 1250. The molecule has 2 fully saturated rings. The molecule has 2 aliphatic rings. The highest BCUT2D eigenvalue weighted by atomic mass is 32.1. The molecule has 2 aliphatic heterocycles. The maximum atomic E-state index is 13.1. The summed E-state index contributed by atoms with van der Waals surface area (Å²) in [5.74, 6) is 6.71. The Morgan fingerprint density at radius 2 is 1.88 bits per heavy atom. The number of piperidine rings is 1. The number of nitrogens with zero attached hydrogens (tertiary/aromatic N) is 3. The first kappa shape index (κ1) is 22.1.